The predicted molar refractivity (Wildman–Crippen MR) is 85.7 cm³/mol. The van der Waals surface area contributed by atoms with Crippen molar-refractivity contribution < 1.29 is 14.0 Å². The third-order valence-electron chi connectivity index (χ3n) is 3.65. The quantitative estimate of drug-likeness (QED) is 0.881. The number of nitrogens with one attached hydrogen (secondary N) is 2. The third kappa shape index (κ3) is 3.57. The zero-order chi connectivity index (χ0) is 16.2. The van der Waals surface area contributed by atoms with Crippen molar-refractivity contribution in [3.63, 3.8) is 0 Å². The summed E-state index contributed by atoms with van der Waals surface area (Å²) in [4.78, 5) is 25.9. The molecule has 1 saturated heterocycles. The second kappa shape index (κ2) is 6.89. The molecule has 5 nitrogen and oxygen atoms in total. The van der Waals surface area contributed by atoms with Crippen LogP contribution in [0.4, 0.5) is 9.18 Å². The van der Waals surface area contributed by atoms with Crippen LogP contribution in [0.1, 0.15) is 16.5 Å². The molecule has 2 aromatic rings. The van der Waals surface area contributed by atoms with E-state index in [0.717, 1.165) is 10.4 Å². The minimum atomic E-state index is -0.355. The number of thiophene rings is 1. The first-order valence-corrected chi connectivity index (χ1v) is 8.13. The van der Waals surface area contributed by atoms with Gasteiger partial charge in [0.05, 0.1) is 12.6 Å². The van der Waals surface area contributed by atoms with E-state index < -0.39 is 0 Å². The second-order valence-corrected chi connectivity index (χ2v) is 6.14. The van der Waals surface area contributed by atoms with Crippen LogP contribution >= 0.6 is 11.3 Å². The number of rotatable bonds is 5. The molecule has 3 amide bonds. The summed E-state index contributed by atoms with van der Waals surface area (Å²) in [6, 6.07) is 9.49. The Hall–Kier alpha value is -2.25. The summed E-state index contributed by atoms with van der Waals surface area (Å²) in [7, 11) is 0. The van der Waals surface area contributed by atoms with E-state index in [-0.39, 0.29) is 30.3 Å². The number of urea groups is 1. The Bertz CT molecular complexity index is 688. The van der Waals surface area contributed by atoms with Crippen molar-refractivity contribution in [2.45, 2.75) is 6.04 Å². The highest BCUT2D eigenvalue weighted by atomic mass is 32.1. The van der Waals surface area contributed by atoms with Crippen molar-refractivity contribution in [3.8, 4) is 0 Å². The van der Waals surface area contributed by atoms with Gasteiger partial charge in [0.25, 0.3) is 0 Å². The lowest BCUT2D eigenvalue weighted by Crippen LogP contribution is -2.41. The van der Waals surface area contributed by atoms with Gasteiger partial charge < -0.3 is 5.32 Å². The van der Waals surface area contributed by atoms with E-state index in [1.807, 2.05) is 17.5 Å². The van der Waals surface area contributed by atoms with Crippen LogP contribution in [0.15, 0.2) is 41.8 Å². The Balaban J connectivity index is 1.73. The Morgan fingerprint density at radius 1 is 1.35 bits per heavy atom. The van der Waals surface area contributed by atoms with E-state index in [9.17, 15) is 14.0 Å². The lowest BCUT2D eigenvalue weighted by molar-refractivity contribution is -0.126. The molecule has 1 aromatic carbocycles. The number of carbonyl (C=O) groups is 2. The standard InChI is InChI=1S/C16H16FN3O2S/c17-12-5-3-11(4-6-12)15(13-2-1-9-23-13)19-10-14(21)20-8-7-18-16(20)22/h1-6,9,15,19H,7-8,10H2,(H,18,22). The lowest BCUT2D eigenvalue weighted by Gasteiger charge is -2.19. The van der Waals surface area contributed by atoms with Crippen LogP contribution in [-0.4, -0.2) is 36.5 Å². The topological polar surface area (TPSA) is 61.4 Å². The molecule has 1 atom stereocenters. The summed E-state index contributed by atoms with van der Waals surface area (Å²) >= 11 is 1.55. The van der Waals surface area contributed by atoms with Gasteiger partial charge in [-0.2, -0.15) is 0 Å². The number of imide groups is 1. The van der Waals surface area contributed by atoms with Gasteiger partial charge in [0.1, 0.15) is 5.82 Å². The maximum Gasteiger partial charge on any atom is 0.324 e. The van der Waals surface area contributed by atoms with Gasteiger partial charge in [-0.25, -0.2) is 9.18 Å². The maximum absolute atomic E-state index is 13.1. The fourth-order valence-electron chi connectivity index (χ4n) is 2.49. The number of carbonyl (C=O) groups excluding carboxylic acids is 2. The molecule has 2 heterocycles. The van der Waals surface area contributed by atoms with Crippen LogP contribution in [0, 0.1) is 5.82 Å². The lowest BCUT2D eigenvalue weighted by atomic mass is 10.1. The van der Waals surface area contributed by atoms with Gasteiger partial charge in [-0.05, 0) is 29.1 Å². The molecule has 0 aliphatic carbocycles. The highest BCUT2D eigenvalue weighted by Crippen LogP contribution is 2.26. The molecule has 0 bridgehead atoms. The smallest absolute Gasteiger partial charge is 0.324 e. The van der Waals surface area contributed by atoms with E-state index in [1.54, 1.807) is 23.5 Å². The highest BCUT2D eigenvalue weighted by Gasteiger charge is 2.26. The van der Waals surface area contributed by atoms with Crippen molar-refractivity contribution in [1.82, 2.24) is 15.5 Å². The Labute approximate surface area is 137 Å². The number of benzene rings is 1. The van der Waals surface area contributed by atoms with Crippen LogP contribution in [0.25, 0.3) is 0 Å². The molecule has 2 N–H and O–H groups in total. The summed E-state index contributed by atoms with van der Waals surface area (Å²) in [6.45, 7) is 0.907. The van der Waals surface area contributed by atoms with Crippen LogP contribution in [0.2, 0.25) is 0 Å². The molecule has 1 aliphatic rings. The van der Waals surface area contributed by atoms with E-state index in [0.29, 0.717) is 13.1 Å². The normalized spacial score (nSPS) is 15.5. The van der Waals surface area contributed by atoms with Crippen molar-refractivity contribution in [3.05, 3.63) is 58.0 Å². The van der Waals surface area contributed by atoms with Crippen LogP contribution in [0.5, 0.6) is 0 Å². The SMILES string of the molecule is O=C(CNC(c1ccc(F)cc1)c1cccs1)N1CCNC1=O. The zero-order valence-corrected chi connectivity index (χ0v) is 13.1. The van der Waals surface area contributed by atoms with Gasteiger partial charge >= 0.3 is 6.03 Å². The molecule has 1 unspecified atom stereocenters. The van der Waals surface area contributed by atoms with Crippen molar-refractivity contribution in [1.29, 1.82) is 0 Å². The molecule has 0 radical (unpaired) electrons. The molecule has 0 saturated carbocycles. The highest BCUT2D eigenvalue weighted by molar-refractivity contribution is 7.10. The summed E-state index contributed by atoms with van der Waals surface area (Å²) < 4.78 is 13.1. The van der Waals surface area contributed by atoms with Crippen LogP contribution < -0.4 is 10.6 Å². The summed E-state index contributed by atoms with van der Waals surface area (Å²) in [5, 5.41) is 7.72. The number of hydrogen-bond acceptors (Lipinski definition) is 4. The van der Waals surface area contributed by atoms with E-state index in [1.165, 1.54) is 17.0 Å². The molecular weight excluding hydrogens is 317 g/mol. The molecule has 1 fully saturated rings. The first kappa shape index (κ1) is 15.6. The van der Waals surface area contributed by atoms with Gasteiger partial charge in [-0.15, -0.1) is 11.3 Å². The number of hydrogen-bond donors (Lipinski definition) is 2. The van der Waals surface area contributed by atoms with Gasteiger partial charge in [-0.3, -0.25) is 15.0 Å². The second-order valence-electron chi connectivity index (χ2n) is 5.16. The molecular formula is C16H16FN3O2S. The summed E-state index contributed by atoms with van der Waals surface area (Å²) in [6.07, 6.45) is 0. The van der Waals surface area contributed by atoms with Gasteiger partial charge in [0, 0.05) is 18.0 Å². The molecule has 1 aliphatic heterocycles. The third-order valence-corrected chi connectivity index (χ3v) is 4.58. The van der Waals surface area contributed by atoms with Crippen LogP contribution in [0.3, 0.4) is 0 Å². The number of halogens is 1. The minimum Gasteiger partial charge on any atom is -0.336 e. The Morgan fingerprint density at radius 2 is 2.13 bits per heavy atom. The fourth-order valence-corrected chi connectivity index (χ4v) is 3.31. The summed E-state index contributed by atoms with van der Waals surface area (Å²) in [5.41, 5.74) is 0.868. The van der Waals surface area contributed by atoms with Crippen molar-refractivity contribution >= 4 is 23.3 Å². The number of nitrogens with zero attached hydrogens (tertiary/aromatic N) is 1. The van der Waals surface area contributed by atoms with Gasteiger partial charge in [0.15, 0.2) is 0 Å². The molecule has 120 valence electrons. The van der Waals surface area contributed by atoms with E-state index >= 15 is 0 Å². The first-order chi connectivity index (χ1) is 11.1. The van der Waals surface area contributed by atoms with Crippen molar-refractivity contribution in [2.75, 3.05) is 19.6 Å². The minimum absolute atomic E-state index is 0.0351. The van der Waals surface area contributed by atoms with Crippen LogP contribution in [-0.2, 0) is 4.79 Å². The molecule has 0 spiro atoms. The predicted octanol–water partition coefficient (Wildman–Crippen LogP) is 2.12. The number of amides is 3. The first-order valence-electron chi connectivity index (χ1n) is 7.25. The largest absolute Gasteiger partial charge is 0.336 e. The monoisotopic (exact) mass is 333 g/mol. The zero-order valence-electron chi connectivity index (χ0n) is 12.3. The van der Waals surface area contributed by atoms with E-state index in [4.69, 9.17) is 0 Å². The Kier molecular flexibility index (Phi) is 4.68. The van der Waals surface area contributed by atoms with E-state index in [2.05, 4.69) is 10.6 Å². The average molecular weight is 333 g/mol. The molecule has 1 aromatic heterocycles. The van der Waals surface area contributed by atoms with Crippen molar-refractivity contribution in [2.24, 2.45) is 0 Å². The molecule has 3 rings (SSSR count). The molecule has 23 heavy (non-hydrogen) atoms. The fraction of sp³-hybridized carbons (Fsp3) is 0.250. The maximum atomic E-state index is 13.1. The van der Waals surface area contributed by atoms with Gasteiger partial charge in [-0.1, -0.05) is 18.2 Å². The summed E-state index contributed by atoms with van der Waals surface area (Å²) in [5.74, 6) is -0.577. The Morgan fingerprint density at radius 3 is 2.74 bits per heavy atom. The van der Waals surface area contributed by atoms with Gasteiger partial charge in [0.2, 0.25) is 5.91 Å². The average Bonchev–Trinajstić information content (AvgIpc) is 3.20. The molecule has 7 heteroatoms.